The van der Waals surface area contributed by atoms with Gasteiger partial charge in [0.05, 0.1) is 7.11 Å². The molecule has 0 amide bonds. The van der Waals surface area contributed by atoms with Crippen LogP contribution in [0.3, 0.4) is 0 Å². The van der Waals surface area contributed by atoms with Crippen molar-refractivity contribution in [2.75, 3.05) is 13.7 Å². The first kappa shape index (κ1) is 9.00. The van der Waals surface area contributed by atoms with Gasteiger partial charge in [-0.25, -0.2) is 4.98 Å². The maximum absolute atomic E-state index is 8.60. The smallest absolute Gasteiger partial charge is 0.213 e. The molecule has 0 spiro atoms. The summed E-state index contributed by atoms with van der Waals surface area (Å²) in [5.41, 5.74) is 0.961. The molecule has 1 rings (SSSR count). The number of hydrogen-bond acceptors (Lipinski definition) is 3. The summed E-state index contributed by atoms with van der Waals surface area (Å²) in [5.74, 6) is 0.630. The van der Waals surface area contributed by atoms with E-state index in [-0.39, 0.29) is 6.61 Å². The van der Waals surface area contributed by atoms with Crippen molar-refractivity contribution in [1.82, 2.24) is 4.98 Å². The molecule has 0 saturated heterocycles. The Morgan fingerprint density at radius 3 is 3.00 bits per heavy atom. The first-order valence-electron chi connectivity index (χ1n) is 3.97. The fraction of sp³-hybridized carbons (Fsp3) is 0.444. The minimum Gasteiger partial charge on any atom is -0.481 e. The Morgan fingerprint density at radius 1 is 1.50 bits per heavy atom. The molecular formula is C9H13NO2. The molecule has 3 nitrogen and oxygen atoms in total. The zero-order valence-corrected chi connectivity index (χ0v) is 7.16. The highest BCUT2D eigenvalue weighted by atomic mass is 16.5. The minimum atomic E-state index is 0.207. The van der Waals surface area contributed by atoms with Gasteiger partial charge in [0.1, 0.15) is 0 Å². The van der Waals surface area contributed by atoms with Crippen molar-refractivity contribution in [3.63, 3.8) is 0 Å². The number of aryl methyl sites for hydroxylation is 1. The lowest BCUT2D eigenvalue weighted by Crippen LogP contribution is -1.95. The van der Waals surface area contributed by atoms with Crippen LogP contribution in [0, 0.1) is 0 Å². The highest BCUT2D eigenvalue weighted by Crippen LogP contribution is 2.07. The summed E-state index contributed by atoms with van der Waals surface area (Å²) in [4.78, 5) is 4.20. The average Bonchev–Trinajstić information content (AvgIpc) is 2.15. The summed E-state index contributed by atoms with van der Waals surface area (Å²) in [5, 5.41) is 8.60. The number of hydrogen-bond donors (Lipinski definition) is 1. The van der Waals surface area contributed by atoms with E-state index in [0.717, 1.165) is 18.5 Å². The van der Waals surface area contributed by atoms with Crippen molar-refractivity contribution in [3.8, 4) is 5.88 Å². The molecule has 0 aliphatic rings. The lowest BCUT2D eigenvalue weighted by atomic mass is 10.2. The van der Waals surface area contributed by atoms with Gasteiger partial charge in [-0.3, -0.25) is 0 Å². The van der Waals surface area contributed by atoms with Crippen molar-refractivity contribution < 1.29 is 9.84 Å². The minimum absolute atomic E-state index is 0.207. The molecule has 1 heterocycles. The monoisotopic (exact) mass is 167 g/mol. The largest absolute Gasteiger partial charge is 0.481 e. The highest BCUT2D eigenvalue weighted by molar-refractivity contribution is 5.15. The van der Waals surface area contributed by atoms with E-state index in [0.29, 0.717) is 5.88 Å². The average molecular weight is 167 g/mol. The summed E-state index contributed by atoms with van der Waals surface area (Å²) in [7, 11) is 1.60. The second-order valence-corrected chi connectivity index (χ2v) is 2.50. The second kappa shape index (κ2) is 4.72. The number of methoxy groups -OCH3 is 1. The fourth-order valence-electron chi connectivity index (χ4n) is 0.971. The lowest BCUT2D eigenvalue weighted by molar-refractivity contribution is 0.288. The topological polar surface area (TPSA) is 42.4 Å². The number of aromatic nitrogens is 1. The molecule has 0 saturated carbocycles. The molecule has 0 bridgehead atoms. The Bertz CT molecular complexity index is 238. The molecule has 3 heteroatoms. The molecule has 0 fully saturated rings. The normalized spacial score (nSPS) is 9.83. The summed E-state index contributed by atoms with van der Waals surface area (Å²) in [6.07, 6.45) is 1.55. The SMILES string of the molecule is COc1cccc(CCCO)n1. The van der Waals surface area contributed by atoms with E-state index in [9.17, 15) is 0 Å². The number of ether oxygens (including phenoxy) is 1. The van der Waals surface area contributed by atoms with Gasteiger partial charge in [0.2, 0.25) is 5.88 Å². The first-order valence-corrected chi connectivity index (χ1v) is 3.97. The third-order valence-electron chi connectivity index (χ3n) is 1.58. The zero-order valence-electron chi connectivity index (χ0n) is 7.16. The third kappa shape index (κ3) is 2.51. The molecule has 66 valence electrons. The Labute approximate surface area is 72.0 Å². The predicted octanol–water partition coefficient (Wildman–Crippen LogP) is 1.02. The first-order chi connectivity index (χ1) is 5.86. The van der Waals surface area contributed by atoms with E-state index in [4.69, 9.17) is 9.84 Å². The summed E-state index contributed by atoms with van der Waals surface area (Å²) in [6.45, 7) is 0.207. The zero-order chi connectivity index (χ0) is 8.81. The van der Waals surface area contributed by atoms with Crippen LogP contribution in [0.15, 0.2) is 18.2 Å². The molecule has 0 aliphatic heterocycles. The van der Waals surface area contributed by atoms with Crippen LogP contribution >= 0.6 is 0 Å². The van der Waals surface area contributed by atoms with E-state index >= 15 is 0 Å². The molecule has 0 unspecified atom stereocenters. The number of rotatable bonds is 4. The van der Waals surface area contributed by atoms with Crippen molar-refractivity contribution in [3.05, 3.63) is 23.9 Å². The molecule has 1 aromatic heterocycles. The predicted molar refractivity (Wildman–Crippen MR) is 46.2 cm³/mol. The van der Waals surface area contributed by atoms with E-state index < -0.39 is 0 Å². The Morgan fingerprint density at radius 2 is 2.33 bits per heavy atom. The van der Waals surface area contributed by atoms with Crippen LogP contribution in [-0.2, 0) is 6.42 Å². The van der Waals surface area contributed by atoms with Gasteiger partial charge in [0, 0.05) is 18.4 Å². The number of pyridine rings is 1. The van der Waals surface area contributed by atoms with Crippen LogP contribution in [0.2, 0.25) is 0 Å². The van der Waals surface area contributed by atoms with E-state index in [1.54, 1.807) is 7.11 Å². The highest BCUT2D eigenvalue weighted by Gasteiger charge is 1.96. The van der Waals surface area contributed by atoms with Crippen LogP contribution in [0.25, 0.3) is 0 Å². The van der Waals surface area contributed by atoms with Crippen LogP contribution in [-0.4, -0.2) is 23.8 Å². The van der Waals surface area contributed by atoms with Gasteiger partial charge in [0.15, 0.2) is 0 Å². The molecule has 0 atom stereocenters. The van der Waals surface area contributed by atoms with E-state index in [2.05, 4.69) is 4.98 Å². The number of aliphatic hydroxyl groups excluding tert-OH is 1. The number of aliphatic hydroxyl groups is 1. The Balaban J connectivity index is 2.60. The van der Waals surface area contributed by atoms with Gasteiger partial charge in [-0.05, 0) is 18.9 Å². The van der Waals surface area contributed by atoms with Crippen molar-refractivity contribution >= 4 is 0 Å². The van der Waals surface area contributed by atoms with Crippen molar-refractivity contribution in [2.45, 2.75) is 12.8 Å². The van der Waals surface area contributed by atoms with Gasteiger partial charge in [-0.2, -0.15) is 0 Å². The van der Waals surface area contributed by atoms with Gasteiger partial charge >= 0.3 is 0 Å². The third-order valence-corrected chi connectivity index (χ3v) is 1.58. The quantitative estimate of drug-likeness (QED) is 0.727. The van der Waals surface area contributed by atoms with E-state index in [1.807, 2.05) is 18.2 Å². The van der Waals surface area contributed by atoms with Crippen LogP contribution in [0.5, 0.6) is 5.88 Å². The molecule has 0 radical (unpaired) electrons. The molecular weight excluding hydrogens is 154 g/mol. The lowest BCUT2D eigenvalue weighted by Gasteiger charge is -2.01. The van der Waals surface area contributed by atoms with Crippen LogP contribution in [0.1, 0.15) is 12.1 Å². The summed E-state index contributed by atoms with van der Waals surface area (Å²) in [6, 6.07) is 5.64. The van der Waals surface area contributed by atoms with E-state index in [1.165, 1.54) is 0 Å². The van der Waals surface area contributed by atoms with Crippen molar-refractivity contribution in [1.29, 1.82) is 0 Å². The maximum Gasteiger partial charge on any atom is 0.213 e. The summed E-state index contributed by atoms with van der Waals surface area (Å²) >= 11 is 0. The summed E-state index contributed by atoms with van der Waals surface area (Å²) < 4.78 is 4.96. The number of nitrogens with zero attached hydrogens (tertiary/aromatic N) is 1. The second-order valence-electron chi connectivity index (χ2n) is 2.50. The molecule has 0 aliphatic carbocycles. The molecule has 0 aromatic carbocycles. The van der Waals surface area contributed by atoms with Crippen molar-refractivity contribution in [2.24, 2.45) is 0 Å². The Kier molecular flexibility index (Phi) is 3.54. The standard InChI is InChI=1S/C9H13NO2/c1-12-9-6-2-4-8(10-9)5-3-7-11/h2,4,6,11H,3,5,7H2,1H3. The van der Waals surface area contributed by atoms with Crippen LogP contribution in [0.4, 0.5) is 0 Å². The fourth-order valence-corrected chi connectivity index (χ4v) is 0.971. The maximum atomic E-state index is 8.60. The van der Waals surface area contributed by atoms with Gasteiger partial charge < -0.3 is 9.84 Å². The van der Waals surface area contributed by atoms with Gasteiger partial charge in [-0.15, -0.1) is 0 Å². The molecule has 1 aromatic rings. The van der Waals surface area contributed by atoms with Crippen LogP contribution < -0.4 is 4.74 Å². The van der Waals surface area contributed by atoms with Gasteiger partial charge in [0.25, 0.3) is 0 Å². The molecule has 12 heavy (non-hydrogen) atoms. The Hall–Kier alpha value is -1.09. The molecule has 1 N–H and O–H groups in total. The van der Waals surface area contributed by atoms with Gasteiger partial charge in [-0.1, -0.05) is 6.07 Å².